The number of nitrogens with two attached hydrogens (primary N) is 1. The molecule has 0 aliphatic heterocycles. The van der Waals surface area contributed by atoms with Gasteiger partial charge in [-0.05, 0) is 24.7 Å². The van der Waals surface area contributed by atoms with E-state index in [1.807, 2.05) is 37.3 Å². The summed E-state index contributed by atoms with van der Waals surface area (Å²) < 4.78 is 4.85. The van der Waals surface area contributed by atoms with Crippen LogP contribution in [0, 0.1) is 0 Å². The SMILES string of the molecule is COC(=O)C(N)(CCSC(C)C(C)O)c1ccccc1. The molecule has 0 aromatic heterocycles. The van der Waals surface area contributed by atoms with Gasteiger partial charge in [0.2, 0.25) is 0 Å². The monoisotopic (exact) mass is 297 g/mol. The Morgan fingerprint density at radius 1 is 1.40 bits per heavy atom. The number of ether oxygens (including phenoxy) is 1. The number of esters is 1. The van der Waals surface area contributed by atoms with E-state index in [-0.39, 0.29) is 11.4 Å². The Kier molecular flexibility index (Phi) is 6.52. The van der Waals surface area contributed by atoms with E-state index in [9.17, 15) is 9.90 Å². The standard InChI is InChI=1S/C15H23NO3S/c1-11(17)12(2)20-10-9-15(16,14(18)19-3)13-7-5-4-6-8-13/h4-8,11-12,17H,9-10,16H2,1-3H3. The average Bonchev–Trinajstić information content (AvgIpc) is 2.46. The van der Waals surface area contributed by atoms with Gasteiger partial charge in [-0.2, -0.15) is 11.8 Å². The van der Waals surface area contributed by atoms with Crippen molar-refractivity contribution in [2.45, 2.75) is 37.2 Å². The topological polar surface area (TPSA) is 72.5 Å². The van der Waals surface area contributed by atoms with Crippen LogP contribution in [-0.4, -0.2) is 35.3 Å². The van der Waals surface area contributed by atoms with E-state index in [0.717, 1.165) is 5.56 Å². The molecule has 0 saturated heterocycles. The van der Waals surface area contributed by atoms with Crippen molar-refractivity contribution in [1.29, 1.82) is 0 Å². The maximum Gasteiger partial charge on any atom is 0.330 e. The highest BCUT2D eigenvalue weighted by Crippen LogP contribution is 2.27. The number of methoxy groups -OCH3 is 1. The van der Waals surface area contributed by atoms with Gasteiger partial charge in [0.1, 0.15) is 5.54 Å². The molecule has 1 rings (SSSR count). The van der Waals surface area contributed by atoms with Crippen LogP contribution >= 0.6 is 11.8 Å². The second kappa shape index (κ2) is 7.67. The Morgan fingerprint density at radius 2 is 2.00 bits per heavy atom. The van der Waals surface area contributed by atoms with Gasteiger partial charge in [0.05, 0.1) is 13.2 Å². The molecule has 0 radical (unpaired) electrons. The fourth-order valence-corrected chi connectivity index (χ4v) is 2.92. The van der Waals surface area contributed by atoms with Gasteiger partial charge in [-0.3, -0.25) is 0 Å². The molecular formula is C15H23NO3S. The minimum atomic E-state index is -1.14. The molecule has 1 aromatic carbocycles. The average molecular weight is 297 g/mol. The number of aliphatic hydroxyl groups excluding tert-OH is 1. The first-order chi connectivity index (χ1) is 9.41. The van der Waals surface area contributed by atoms with Crippen molar-refractivity contribution in [2.24, 2.45) is 5.73 Å². The number of thioether (sulfide) groups is 1. The molecule has 3 atom stereocenters. The van der Waals surface area contributed by atoms with E-state index >= 15 is 0 Å². The van der Waals surface area contributed by atoms with E-state index in [1.54, 1.807) is 18.7 Å². The van der Waals surface area contributed by atoms with Crippen LogP contribution < -0.4 is 5.73 Å². The highest BCUT2D eigenvalue weighted by atomic mass is 32.2. The molecule has 3 N–H and O–H groups in total. The highest BCUT2D eigenvalue weighted by Gasteiger charge is 2.36. The Hall–Kier alpha value is -1.04. The smallest absolute Gasteiger partial charge is 0.330 e. The first-order valence-corrected chi connectivity index (χ1v) is 7.69. The summed E-state index contributed by atoms with van der Waals surface area (Å²) in [5.41, 5.74) is 5.90. The van der Waals surface area contributed by atoms with Crippen molar-refractivity contribution in [3.05, 3.63) is 35.9 Å². The first-order valence-electron chi connectivity index (χ1n) is 6.64. The lowest BCUT2D eigenvalue weighted by Gasteiger charge is -2.27. The van der Waals surface area contributed by atoms with Gasteiger partial charge >= 0.3 is 5.97 Å². The quantitative estimate of drug-likeness (QED) is 0.752. The molecule has 0 fully saturated rings. The van der Waals surface area contributed by atoms with Crippen LogP contribution in [0.4, 0.5) is 0 Å². The summed E-state index contributed by atoms with van der Waals surface area (Å²) in [5, 5.41) is 9.58. The van der Waals surface area contributed by atoms with Crippen molar-refractivity contribution in [1.82, 2.24) is 0 Å². The molecular weight excluding hydrogens is 274 g/mol. The Balaban J connectivity index is 2.78. The molecule has 0 amide bonds. The fourth-order valence-electron chi connectivity index (χ4n) is 1.83. The highest BCUT2D eigenvalue weighted by molar-refractivity contribution is 7.99. The maximum absolute atomic E-state index is 12.0. The Morgan fingerprint density at radius 3 is 2.50 bits per heavy atom. The van der Waals surface area contributed by atoms with Crippen LogP contribution in [0.1, 0.15) is 25.8 Å². The lowest BCUT2D eigenvalue weighted by Crippen LogP contribution is -2.46. The van der Waals surface area contributed by atoms with Crippen molar-refractivity contribution in [3.63, 3.8) is 0 Å². The number of aliphatic hydroxyl groups is 1. The van der Waals surface area contributed by atoms with Crippen molar-refractivity contribution in [3.8, 4) is 0 Å². The number of carbonyl (C=O) groups excluding carboxylic acids is 1. The minimum absolute atomic E-state index is 0.104. The third kappa shape index (κ3) is 4.23. The number of benzene rings is 1. The van der Waals surface area contributed by atoms with Crippen LogP contribution in [0.5, 0.6) is 0 Å². The summed E-state index contributed by atoms with van der Waals surface area (Å²) in [6, 6.07) is 9.25. The zero-order valence-electron chi connectivity index (χ0n) is 12.2. The third-order valence-electron chi connectivity index (χ3n) is 3.40. The van der Waals surface area contributed by atoms with Crippen LogP contribution in [0.25, 0.3) is 0 Å². The van der Waals surface area contributed by atoms with Gasteiger partial charge in [0.15, 0.2) is 0 Å². The van der Waals surface area contributed by atoms with E-state index in [2.05, 4.69) is 0 Å². The summed E-state index contributed by atoms with van der Waals surface area (Å²) in [7, 11) is 1.35. The lowest BCUT2D eigenvalue weighted by atomic mass is 9.88. The predicted molar refractivity (Wildman–Crippen MR) is 82.5 cm³/mol. The van der Waals surface area contributed by atoms with Gasteiger partial charge in [-0.1, -0.05) is 37.3 Å². The molecule has 3 unspecified atom stereocenters. The summed E-state index contributed by atoms with van der Waals surface area (Å²) in [4.78, 5) is 12.0. The van der Waals surface area contributed by atoms with Gasteiger partial charge in [-0.15, -0.1) is 0 Å². The van der Waals surface area contributed by atoms with Crippen LogP contribution in [-0.2, 0) is 15.1 Å². The van der Waals surface area contributed by atoms with Gasteiger partial charge < -0.3 is 15.6 Å². The fraction of sp³-hybridized carbons (Fsp3) is 0.533. The Labute approximate surface area is 124 Å². The zero-order valence-corrected chi connectivity index (χ0v) is 13.0. The summed E-state index contributed by atoms with van der Waals surface area (Å²) in [6.45, 7) is 3.71. The molecule has 5 heteroatoms. The Bertz CT molecular complexity index is 424. The first kappa shape index (κ1) is 17.0. The number of carbonyl (C=O) groups is 1. The molecule has 20 heavy (non-hydrogen) atoms. The van der Waals surface area contributed by atoms with E-state index < -0.39 is 11.5 Å². The van der Waals surface area contributed by atoms with Crippen LogP contribution in [0.3, 0.4) is 0 Å². The minimum Gasteiger partial charge on any atom is -0.467 e. The normalized spacial score (nSPS) is 17.1. The number of rotatable bonds is 7. The number of hydrogen-bond donors (Lipinski definition) is 2. The molecule has 0 spiro atoms. The van der Waals surface area contributed by atoms with E-state index in [1.165, 1.54) is 7.11 Å². The van der Waals surface area contributed by atoms with E-state index in [0.29, 0.717) is 12.2 Å². The molecule has 4 nitrogen and oxygen atoms in total. The lowest BCUT2D eigenvalue weighted by molar-refractivity contribution is -0.147. The summed E-state index contributed by atoms with van der Waals surface area (Å²) in [6.07, 6.45) is 0.0767. The van der Waals surface area contributed by atoms with Crippen LogP contribution in [0.15, 0.2) is 30.3 Å². The predicted octanol–water partition coefficient (Wildman–Crippen LogP) is 1.91. The van der Waals surface area contributed by atoms with Gasteiger partial charge in [-0.25, -0.2) is 4.79 Å². The largest absolute Gasteiger partial charge is 0.467 e. The van der Waals surface area contributed by atoms with Crippen molar-refractivity contribution < 1.29 is 14.6 Å². The van der Waals surface area contributed by atoms with Crippen molar-refractivity contribution in [2.75, 3.05) is 12.9 Å². The second-order valence-electron chi connectivity index (χ2n) is 4.90. The molecule has 112 valence electrons. The third-order valence-corrected chi connectivity index (χ3v) is 4.75. The number of hydrogen-bond acceptors (Lipinski definition) is 5. The zero-order chi connectivity index (χ0) is 15.2. The van der Waals surface area contributed by atoms with Gasteiger partial charge in [0.25, 0.3) is 0 Å². The maximum atomic E-state index is 12.0. The summed E-state index contributed by atoms with van der Waals surface area (Å²) >= 11 is 1.60. The van der Waals surface area contributed by atoms with Crippen LogP contribution in [0.2, 0.25) is 0 Å². The van der Waals surface area contributed by atoms with E-state index in [4.69, 9.17) is 10.5 Å². The van der Waals surface area contributed by atoms with Crippen molar-refractivity contribution >= 4 is 17.7 Å². The molecule has 0 bridgehead atoms. The molecule has 0 aliphatic rings. The molecule has 0 aliphatic carbocycles. The molecule has 0 saturated carbocycles. The molecule has 0 heterocycles. The summed E-state index contributed by atoms with van der Waals surface area (Å²) in [5.74, 6) is 0.237. The molecule has 1 aromatic rings. The van der Waals surface area contributed by atoms with Gasteiger partial charge in [0, 0.05) is 5.25 Å². The second-order valence-corrected chi connectivity index (χ2v) is 6.38.